The van der Waals surface area contributed by atoms with Crippen LogP contribution in [0, 0.1) is 5.92 Å². The molecular weight excluding hydrogens is 336 g/mol. The van der Waals surface area contributed by atoms with Gasteiger partial charge >= 0.3 is 5.97 Å². The van der Waals surface area contributed by atoms with Crippen molar-refractivity contribution in [2.45, 2.75) is 50.5 Å². The van der Waals surface area contributed by atoms with Crippen LogP contribution in [0.2, 0.25) is 0 Å². The molecule has 2 aliphatic heterocycles. The summed E-state index contributed by atoms with van der Waals surface area (Å²) in [5.41, 5.74) is -0.155. The Balaban J connectivity index is 2.30. The van der Waals surface area contributed by atoms with Crippen LogP contribution in [0.25, 0.3) is 0 Å². The van der Waals surface area contributed by atoms with Crippen molar-refractivity contribution in [3.63, 3.8) is 0 Å². The lowest BCUT2D eigenvalue weighted by molar-refractivity contribution is -0.137. The van der Waals surface area contributed by atoms with Crippen molar-refractivity contribution < 1.29 is 29.4 Å². The lowest BCUT2D eigenvalue weighted by Crippen LogP contribution is -2.42. The van der Waals surface area contributed by atoms with Crippen molar-refractivity contribution in [3.05, 3.63) is 10.6 Å². The zero-order chi connectivity index (χ0) is 18.0. The number of imide groups is 1. The van der Waals surface area contributed by atoms with Crippen LogP contribution in [0.4, 0.5) is 0 Å². The Morgan fingerprint density at radius 2 is 2.17 bits per heavy atom. The fourth-order valence-electron chi connectivity index (χ4n) is 3.04. The molecule has 1 fully saturated rings. The number of carbonyl (C=O) groups is 4. The molecule has 0 aliphatic carbocycles. The van der Waals surface area contributed by atoms with Crippen LogP contribution in [0.5, 0.6) is 0 Å². The highest BCUT2D eigenvalue weighted by Gasteiger charge is 2.43. The molecule has 0 radical (unpaired) electrons. The number of nitrogens with one attached hydrogen (secondary N) is 1. The minimum absolute atomic E-state index is 0.155. The molecule has 0 aromatic rings. The molecule has 24 heavy (non-hydrogen) atoms. The first-order valence-electron chi connectivity index (χ1n) is 7.65. The second kappa shape index (κ2) is 7.35. The number of carboxylic acids is 1. The number of carbonyl (C=O) groups excluding carboxylic acids is 3. The number of hydrogen-bond acceptors (Lipinski definition) is 6. The van der Waals surface area contributed by atoms with Crippen molar-refractivity contribution >= 4 is 36.0 Å². The molecule has 9 heteroatoms. The molecule has 1 saturated heterocycles. The Morgan fingerprint density at radius 3 is 2.67 bits per heavy atom. The summed E-state index contributed by atoms with van der Waals surface area (Å²) < 4.78 is 0. The standard InChI is InChI=1S/C15H20N2O6S/c1-7(19)5-9-8(2)13(12(15(22)23)17(9)6-18)24-10-3-4-11(20)16-14(10)21/h6-10,19H,3-5H2,1-2H3,(H,22,23)(H,16,20,21). The molecular formula is C15H20N2O6S. The number of aliphatic carboxylic acids is 1. The summed E-state index contributed by atoms with van der Waals surface area (Å²) >= 11 is 1.09. The first-order chi connectivity index (χ1) is 11.3. The molecule has 4 atom stereocenters. The average Bonchev–Trinajstić information content (AvgIpc) is 2.74. The Morgan fingerprint density at radius 1 is 1.50 bits per heavy atom. The van der Waals surface area contributed by atoms with E-state index in [0.29, 0.717) is 17.7 Å². The quantitative estimate of drug-likeness (QED) is 0.454. The van der Waals surface area contributed by atoms with Gasteiger partial charge in [-0.25, -0.2) is 4.79 Å². The molecule has 3 N–H and O–H groups in total. The van der Waals surface area contributed by atoms with Gasteiger partial charge in [0.05, 0.1) is 11.4 Å². The molecule has 2 aliphatic rings. The summed E-state index contributed by atoms with van der Waals surface area (Å²) in [6.07, 6.45) is 0.499. The third-order valence-corrected chi connectivity index (χ3v) is 5.75. The predicted molar refractivity (Wildman–Crippen MR) is 85.6 cm³/mol. The van der Waals surface area contributed by atoms with Crippen molar-refractivity contribution in [2.75, 3.05) is 0 Å². The number of aliphatic hydroxyl groups is 1. The Bertz CT molecular complexity index is 603. The van der Waals surface area contributed by atoms with Gasteiger partial charge in [-0.3, -0.25) is 19.7 Å². The van der Waals surface area contributed by atoms with Crippen LogP contribution in [-0.2, 0) is 19.2 Å². The van der Waals surface area contributed by atoms with E-state index in [1.54, 1.807) is 13.8 Å². The Hall–Kier alpha value is -1.87. The highest BCUT2D eigenvalue weighted by molar-refractivity contribution is 8.04. The molecule has 0 spiro atoms. The van der Waals surface area contributed by atoms with Crippen LogP contribution in [0.15, 0.2) is 10.6 Å². The van der Waals surface area contributed by atoms with Crippen molar-refractivity contribution in [3.8, 4) is 0 Å². The van der Waals surface area contributed by atoms with Crippen LogP contribution in [0.3, 0.4) is 0 Å². The van der Waals surface area contributed by atoms with Gasteiger partial charge in [0.2, 0.25) is 18.2 Å². The second-order valence-electron chi connectivity index (χ2n) is 6.03. The fourth-order valence-corrected chi connectivity index (χ4v) is 4.43. The molecule has 2 heterocycles. The Labute approximate surface area is 143 Å². The maximum atomic E-state index is 11.9. The minimum Gasteiger partial charge on any atom is -0.477 e. The largest absolute Gasteiger partial charge is 0.477 e. The van der Waals surface area contributed by atoms with Crippen molar-refractivity contribution in [1.82, 2.24) is 10.2 Å². The molecule has 3 amide bonds. The zero-order valence-electron chi connectivity index (χ0n) is 13.4. The number of amides is 3. The highest BCUT2D eigenvalue weighted by atomic mass is 32.2. The smallest absolute Gasteiger partial charge is 0.353 e. The molecule has 132 valence electrons. The topological polar surface area (TPSA) is 124 Å². The Kier molecular flexibility index (Phi) is 5.66. The first-order valence-corrected chi connectivity index (χ1v) is 8.53. The number of rotatable bonds is 6. The molecule has 4 unspecified atom stereocenters. The molecule has 0 aromatic carbocycles. The van der Waals surface area contributed by atoms with E-state index in [9.17, 15) is 29.4 Å². The van der Waals surface area contributed by atoms with E-state index in [2.05, 4.69) is 5.32 Å². The van der Waals surface area contributed by atoms with Crippen LogP contribution in [0.1, 0.15) is 33.1 Å². The maximum absolute atomic E-state index is 11.9. The summed E-state index contributed by atoms with van der Waals surface area (Å²) in [7, 11) is 0. The third-order valence-electron chi connectivity index (χ3n) is 4.20. The fraction of sp³-hybridized carbons (Fsp3) is 0.600. The third kappa shape index (κ3) is 3.62. The summed E-state index contributed by atoms with van der Waals surface area (Å²) in [6.45, 7) is 3.34. The van der Waals surface area contributed by atoms with Crippen molar-refractivity contribution in [1.29, 1.82) is 0 Å². The highest BCUT2D eigenvalue weighted by Crippen LogP contribution is 2.44. The van der Waals surface area contributed by atoms with Gasteiger partial charge < -0.3 is 15.1 Å². The van der Waals surface area contributed by atoms with Gasteiger partial charge in [0, 0.05) is 23.3 Å². The summed E-state index contributed by atoms with van der Waals surface area (Å²) in [5, 5.41) is 20.8. The number of hydrogen-bond donors (Lipinski definition) is 3. The first kappa shape index (κ1) is 18.5. The van der Waals surface area contributed by atoms with E-state index in [4.69, 9.17) is 0 Å². The monoisotopic (exact) mass is 356 g/mol. The van der Waals surface area contributed by atoms with Crippen LogP contribution < -0.4 is 5.32 Å². The normalized spacial score (nSPS) is 28.8. The van der Waals surface area contributed by atoms with Gasteiger partial charge in [-0.15, -0.1) is 11.8 Å². The molecule has 0 aromatic heterocycles. The van der Waals surface area contributed by atoms with Gasteiger partial charge in [-0.1, -0.05) is 6.92 Å². The molecule has 0 saturated carbocycles. The summed E-state index contributed by atoms with van der Waals surface area (Å²) in [4.78, 5) is 47.8. The van der Waals surface area contributed by atoms with E-state index in [1.165, 1.54) is 0 Å². The van der Waals surface area contributed by atoms with Gasteiger partial charge in [-0.05, 0) is 19.8 Å². The number of thioether (sulfide) groups is 1. The number of aliphatic hydroxyl groups excluding tert-OH is 1. The SMILES string of the molecule is CC(O)CC1C(C)C(SC2CCC(=O)NC2=O)=C(C(=O)O)N1C=O. The van der Waals surface area contributed by atoms with Crippen LogP contribution in [-0.4, -0.2) is 56.7 Å². The molecule has 2 rings (SSSR count). The molecule has 8 nitrogen and oxygen atoms in total. The lowest BCUT2D eigenvalue weighted by atomic mass is 9.98. The van der Waals surface area contributed by atoms with E-state index in [-0.39, 0.29) is 30.4 Å². The summed E-state index contributed by atoms with van der Waals surface area (Å²) in [5.74, 6) is -2.37. The van der Waals surface area contributed by atoms with Gasteiger partial charge in [0.15, 0.2) is 0 Å². The van der Waals surface area contributed by atoms with Crippen LogP contribution >= 0.6 is 11.8 Å². The second-order valence-corrected chi connectivity index (χ2v) is 7.27. The van der Waals surface area contributed by atoms with E-state index >= 15 is 0 Å². The minimum atomic E-state index is -1.25. The maximum Gasteiger partial charge on any atom is 0.353 e. The van der Waals surface area contributed by atoms with Gasteiger partial charge in [-0.2, -0.15) is 0 Å². The summed E-state index contributed by atoms with van der Waals surface area (Å²) in [6, 6.07) is -0.482. The molecule has 0 bridgehead atoms. The van der Waals surface area contributed by atoms with Crippen molar-refractivity contribution in [2.24, 2.45) is 5.92 Å². The van der Waals surface area contributed by atoms with E-state index in [0.717, 1.165) is 16.7 Å². The van der Waals surface area contributed by atoms with E-state index in [1.807, 2.05) is 0 Å². The number of carboxylic acid groups (broad SMARTS) is 1. The lowest BCUT2D eigenvalue weighted by Gasteiger charge is -2.26. The average molecular weight is 356 g/mol. The predicted octanol–water partition coefficient (Wildman–Crippen LogP) is 0.0686. The zero-order valence-corrected chi connectivity index (χ0v) is 14.2. The van der Waals surface area contributed by atoms with Gasteiger partial charge in [0.1, 0.15) is 5.70 Å². The number of piperidine rings is 1. The van der Waals surface area contributed by atoms with E-state index < -0.39 is 29.3 Å². The van der Waals surface area contributed by atoms with Gasteiger partial charge in [0.25, 0.3) is 0 Å². The number of nitrogens with zero attached hydrogens (tertiary/aromatic N) is 1.